The Bertz CT molecular complexity index is 409. The molecule has 3 heteroatoms. The van der Waals surface area contributed by atoms with Crippen molar-refractivity contribution in [1.29, 1.82) is 0 Å². The Kier molecular flexibility index (Phi) is 7.31. The maximum absolute atomic E-state index is 12.3. The minimum atomic E-state index is 0.227. The summed E-state index contributed by atoms with van der Waals surface area (Å²) in [6.45, 7) is 7.65. The minimum Gasteiger partial charge on any atom is -0.330 e. The number of nitrogens with two attached hydrogens (primary N) is 1. The molecule has 0 aliphatic carbocycles. The largest absolute Gasteiger partial charge is 0.330 e. The van der Waals surface area contributed by atoms with Gasteiger partial charge in [-0.25, -0.2) is 0 Å². The second kappa shape index (κ2) is 8.75. The van der Waals surface area contributed by atoms with Crippen LogP contribution in [0.25, 0.3) is 0 Å². The van der Waals surface area contributed by atoms with Crippen LogP contribution in [0.1, 0.15) is 50.2 Å². The first-order valence-electron chi connectivity index (χ1n) is 7.67. The second-order valence-electron chi connectivity index (χ2n) is 5.44. The van der Waals surface area contributed by atoms with E-state index in [-0.39, 0.29) is 5.91 Å². The molecule has 1 aromatic carbocycles. The maximum atomic E-state index is 12.3. The number of nitrogens with zero attached hydrogens (tertiary/aromatic N) is 1. The van der Waals surface area contributed by atoms with E-state index in [1.54, 1.807) is 0 Å². The third-order valence-electron chi connectivity index (χ3n) is 3.48. The van der Waals surface area contributed by atoms with Crippen LogP contribution in [0.3, 0.4) is 0 Å². The predicted octanol–water partition coefficient (Wildman–Crippen LogP) is 3.57. The van der Waals surface area contributed by atoms with Crippen LogP contribution in [0.5, 0.6) is 0 Å². The predicted molar refractivity (Wildman–Crippen MR) is 86.1 cm³/mol. The van der Waals surface area contributed by atoms with Crippen LogP contribution in [0, 0.1) is 13.8 Å². The van der Waals surface area contributed by atoms with Crippen molar-refractivity contribution < 1.29 is 4.79 Å². The summed E-state index contributed by atoms with van der Waals surface area (Å²) in [4.78, 5) is 14.2. The Morgan fingerprint density at radius 3 is 2.20 bits per heavy atom. The van der Waals surface area contributed by atoms with Gasteiger partial charge < -0.3 is 10.6 Å². The molecule has 0 saturated heterocycles. The molecule has 1 amide bonds. The number of hydrogen-bond acceptors (Lipinski definition) is 2. The molecule has 3 nitrogen and oxygen atoms in total. The summed E-state index contributed by atoms with van der Waals surface area (Å²) in [5.41, 5.74) is 8.90. The fraction of sp³-hybridized carbons (Fsp3) is 0.588. The molecule has 0 aliphatic heterocycles. The maximum Gasteiger partial charge on any atom is 0.226 e. The zero-order chi connectivity index (χ0) is 15.0. The Morgan fingerprint density at radius 1 is 1.05 bits per heavy atom. The van der Waals surface area contributed by atoms with Gasteiger partial charge in [-0.3, -0.25) is 4.79 Å². The first-order valence-corrected chi connectivity index (χ1v) is 7.67. The van der Waals surface area contributed by atoms with Gasteiger partial charge in [0.25, 0.3) is 0 Å². The number of anilines is 1. The lowest BCUT2D eigenvalue weighted by Gasteiger charge is -2.22. The number of amides is 1. The molecule has 1 aromatic rings. The molecule has 1 rings (SSSR count). The first-order chi connectivity index (χ1) is 9.58. The van der Waals surface area contributed by atoms with Gasteiger partial charge in [-0.2, -0.15) is 0 Å². The van der Waals surface area contributed by atoms with E-state index in [0.717, 1.165) is 44.5 Å². The van der Waals surface area contributed by atoms with E-state index in [0.29, 0.717) is 6.42 Å². The van der Waals surface area contributed by atoms with Crippen molar-refractivity contribution in [2.45, 2.75) is 52.9 Å². The summed E-state index contributed by atoms with van der Waals surface area (Å²) in [5.74, 6) is 0.227. The summed E-state index contributed by atoms with van der Waals surface area (Å²) in [7, 11) is 0. The number of aryl methyl sites for hydroxylation is 2. The Balaban J connectivity index is 2.58. The van der Waals surface area contributed by atoms with Gasteiger partial charge in [0.2, 0.25) is 5.91 Å². The van der Waals surface area contributed by atoms with Crippen molar-refractivity contribution in [2.75, 3.05) is 18.0 Å². The molecule has 0 atom stereocenters. The van der Waals surface area contributed by atoms with Crippen molar-refractivity contribution in [3.8, 4) is 0 Å². The molecule has 0 heterocycles. The van der Waals surface area contributed by atoms with Crippen molar-refractivity contribution in [3.63, 3.8) is 0 Å². The zero-order valence-electron chi connectivity index (χ0n) is 13.1. The molecule has 0 fully saturated rings. The molecule has 0 radical (unpaired) electrons. The highest BCUT2D eigenvalue weighted by molar-refractivity contribution is 5.93. The molecule has 0 spiro atoms. The molecule has 0 aromatic heterocycles. The number of benzene rings is 1. The first kappa shape index (κ1) is 16.7. The van der Waals surface area contributed by atoms with Gasteiger partial charge in [0.05, 0.1) is 0 Å². The second-order valence-corrected chi connectivity index (χ2v) is 5.44. The molecule has 0 aliphatic rings. The van der Waals surface area contributed by atoms with Gasteiger partial charge in [0.1, 0.15) is 0 Å². The summed E-state index contributed by atoms with van der Waals surface area (Å²) in [6.07, 6.45) is 4.86. The quantitative estimate of drug-likeness (QED) is 0.738. The van der Waals surface area contributed by atoms with E-state index in [2.05, 4.69) is 32.0 Å². The number of carbonyl (C=O) groups is 1. The fourth-order valence-corrected chi connectivity index (χ4v) is 2.52. The molecule has 112 valence electrons. The molecular formula is C17H28N2O. The minimum absolute atomic E-state index is 0.227. The number of hydrogen-bond donors (Lipinski definition) is 1. The van der Waals surface area contributed by atoms with Gasteiger partial charge in [0, 0.05) is 18.7 Å². The topological polar surface area (TPSA) is 46.3 Å². The van der Waals surface area contributed by atoms with Crippen LogP contribution < -0.4 is 10.6 Å². The smallest absolute Gasteiger partial charge is 0.226 e. The van der Waals surface area contributed by atoms with Crippen LogP contribution in [0.4, 0.5) is 5.69 Å². The van der Waals surface area contributed by atoms with E-state index in [1.807, 2.05) is 11.8 Å². The monoisotopic (exact) mass is 276 g/mol. The van der Waals surface area contributed by atoms with Gasteiger partial charge in [-0.05, 0) is 63.4 Å². The van der Waals surface area contributed by atoms with E-state index in [4.69, 9.17) is 5.73 Å². The van der Waals surface area contributed by atoms with Gasteiger partial charge >= 0.3 is 0 Å². The highest BCUT2D eigenvalue weighted by Crippen LogP contribution is 2.20. The van der Waals surface area contributed by atoms with Crippen LogP contribution in [0.2, 0.25) is 0 Å². The van der Waals surface area contributed by atoms with Crippen LogP contribution >= 0.6 is 0 Å². The highest BCUT2D eigenvalue weighted by Gasteiger charge is 2.13. The fourth-order valence-electron chi connectivity index (χ4n) is 2.52. The SMILES string of the molecule is CCN(C(=O)CCCCCCN)c1cc(C)cc(C)c1. The van der Waals surface area contributed by atoms with Crippen molar-refractivity contribution in [2.24, 2.45) is 5.73 Å². The van der Waals surface area contributed by atoms with E-state index in [1.165, 1.54) is 11.1 Å². The molecule has 2 N–H and O–H groups in total. The van der Waals surface area contributed by atoms with E-state index >= 15 is 0 Å². The normalized spacial score (nSPS) is 10.6. The van der Waals surface area contributed by atoms with Crippen LogP contribution in [-0.2, 0) is 4.79 Å². The average molecular weight is 276 g/mol. The third kappa shape index (κ3) is 5.33. The zero-order valence-corrected chi connectivity index (χ0v) is 13.1. The lowest BCUT2D eigenvalue weighted by atomic mass is 10.1. The van der Waals surface area contributed by atoms with E-state index < -0.39 is 0 Å². The highest BCUT2D eigenvalue weighted by atomic mass is 16.2. The lowest BCUT2D eigenvalue weighted by molar-refractivity contribution is -0.118. The van der Waals surface area contributed by atoms with Crippen molar-refractivity contribution in [1.82, 2.24) is 0 Å². The number of unbranched alkanes of at least 4 members (excludes halogenated alkanes) is 3. The third-order valence-corrected chi connectivity index (χ3v) is 3.48. The standard InChI is InChI=1S/C17H28N2O/c1-4-19(16-12-14(2)11-15(3)13-16)17(20)9-7-5-6-8-10-18/h11-13H,4-10,18H2,1-3H3. The van der Waals surface area contributed by atoms with Crippen molar-refractivity contribution >= 4 is 11.6 Å². The van der Waals surface area contributed by atoms with Gasteiger partial charge in [0.15, 0.2) is 0 Å². The Morgan fingerprint density at radius 2 is 1.65 bits per heavy atom. The molecule has 0 bridgehead atoms. The number of carbonyl (C=O) groups excluding carboxylic acids is 1. The molecule has 0 unspecified atom stereocenters. The molecule has 20 heavy (non-hydrogen) atoms. The average Bonchev–Trinajstić information content (AvgIpc) is 2.38. The lowest BCUT2D eigenvalue weighted by Crippen LogP contribution is -2.30. The van der Waals surface area contributed by atoms with Crippen LogP contribution in [0.15, 0.2) is 18.2 Å². The summed E-state index contributed by atoms with van der Waals surface area (Å²) >= 11 is 0. The Hall–Kier alpha value is -1.35. The molecular weight excluding hydrogens is 248 g/mol. The summed E-state index contributed by atoms with van der Waals surface area (Å²) in [6, 6.07) is 6.31. The van der Waals surface area contributed by atoms with E-state index in [9.17, 15) is 4.79 Å². The molecule has 0 saturated carbocycles. The number of rotatable bonds is 8. The van der Waals surface area contributed by atoms with Crippen LogP contribution in [-0.4, -0.2) is 19.0 Å². The summed E-state index contributed by atoms with van der Waals surface area (Å²) in [5, 5.41) is 0. The van der Waals surface area contributed by atoms with Gasteiger partial charge in [-0.1, -0.05) is 18.9 Å². The van der Waals surface area contributed by atoms with Gasteiger partial charge in [-0.15, -0.1) is 0 Å². The Labute approximate surface area is 123 Å². The van der Waals surface area contributed by atoms with Crippen molar-refractivity contribution in [3.05, 3.63) is 29.3 Å². The summed E-state index contributed by atoms with van der Waals surface area (Å²) < 4.78 is 0.